The largest absolute Gasteiger partial charge is 0.493 e. The molecule has 0 aliphatic carbocycles. The Balaban J connectivity index is 0.783. The minimum Gasteiger partial charge on any atom is -0.493 e. The van der Waals surface area contributed by atoms with Crippen LogP contribution in [-0.4, -0.2) is 123 Å². The second-order valence-electron chi connectivity index (χ2n) is 15.7. The van der Waals surface area contributed by atoms with Crippen LogP contribution in [-0.2, 0) is 19.2 Å². The maximum atomic E-state index is 13.9. The lowest BCUT2D eigenvalue weighted by Gasteiger charge is -2.34. The monoisotopic (exact) mass is 867 g/mol. The molecule has 4 aliphatic heterocycles. The number of piperidine rings is 1. The molecule has 16 nitrogen and oxygen atoms in total. The first kappa shape index (κ1) is 41.9. The molecule has 2 atom stereocenters. The van der Waals surface area contributed by atoms with Crippen molar-refractivity contribution in [1.29, 1.82) is 0 Å². The summed E-state index contributed by atoms with van der Waals surface area (Å²) in [5.74, 6) is -0.779. The Morgan fingerprint density at radius 2 is 1.70 bits per heavy atom. The van der Waals surface area contributed by atoms with Gasteiger partial charge < -0.3 is 15.0 Å². The summed E-state index contributed by atoms with van der Waals surface area (Å²) in [6, 6.07) is 10.8. The summed E-state index contributed by atoms with van der Waals surface area (Å²) in [5.41, 5.74) is 4.13. The van der Waals surface area contributed by atoms with Crippen LogP contribution in [0.25, 0.3) is 5.00 Å². The minimum absolute atomic E-state index is 0.0337. The van der Waals surface area contributed by atoms with E-state index in [1.54, 1.807) is 23.5 Å². The van der Waals surface area contributed by atoms with Gasteiger partial charge in [-0.3, -0.25) is 53.4 Å². The van der Waals surface area contributed by atoms with Crippen LogP contribution < -0.4 is 15.4 Å². The summed E-state index contributed by atoms with van der Waals surface area (Å²) >= 11 is 7.92. The molecular weight excluding hydrogens is 822 g/mol. The third-order valence-electron chi connectivity index (χ3n) is 11.6. The van der Waals surface area contributed by atoms with Crippen molar-refractivity contribution in [3.05, 3.63) is 91.8 Å². The first-order chi connectivity index (χ1) is 29.4. The second-order valence-corrected chi connectivity index (χ2v) is 17.3. The number of unbranched alkanes of at least 4 members (excludes halogenated alkanes) is 2. The molecule has 6 heterocycles. The number of amides is 6. The fourth-order valence-corrected chi connectivity index (χ4v) is 9.60. The molecule has 2 fully saturated rings. The van der Waals surface area contributed by atoms with E-state index >= 15 is 0 Å². The number of imide groups is 2. The van der Waals surface area contributed by atoms with E-state index in [-0.39, 0.29) is 54.5 Å². The maximum Gasteiger partial charge on any atom is 0.266 e. The molecule has 2 aromatic carbocycles. The fourth-order valence-electron chi connectivity index (χ4n) is 8.26. The molecule has 0 bridgehead atoms. The summed E-state index contributed by atoms with van der Waals surface area (Å²) in [5, 5.41) is 15.7. The smallest absolute Gasteiger partial charge is 0.266 e. The van der Waals surface area contributed by atoms with Crippen LogP contribution in [0.15, 0.2) is 47.5 Å². The van der Waals surface area contributed by atoms with E-state index < -0.39 is 35.7 Å². The van der Waals surface area contributed by atoms with Crippen molar-refractivity contribution in [1.82, 2.24) is 40.1 Å². The summed E-state index contributed by atoms with van der Waals surface area (Å²) in [4.78, 5) is 88.3. The molecule has 1 unspecified atom stereocenters. The van der Waals surface area contributed by atoms with Crippen LogP contribution >= 0.6 is 22.9 Å². The number of aryl methyl sites for hydroxylation is 2. The third kappa shape index (κ3) is 8.46. The summed E-state index contributed by atoms with van der Waals surface area (Å²) in [6.07, 6.45) is 2.37. The van der Waals surface area contributed by atoms with E-state index in [0.29, 0.717) is 63.0 Å². The van der Waals surface area contributed by atoms with Crippen molar-refractivity contribution in [3.8, 4) is 10.8 Å². The average molecular weight is 868 g/mol. The number of nitrogens with one attached hydrogen (secondary N) is 2. The molecular formula is C43H46ClN9O7S. The summed E-state index contributed by atoms with van der Waals surface area (Å²) < 4.78 is 7.96. The molecule has 4 aromatic rings. The Morgan fingerprint density at radius 1 is 0.934 bits per heavy atom. The number of ether oxygens (including phenoxy) is 1. The molecule has 2 saturated heterocycles. The van der Waals surface area contributed by atoms with Crippen molar-refractivity contribution in [2.75, 3.05) is 45.9 Å². The third-order valence-corrected chi connectivity index (χ3v) is 13.1. The Hall–Kier alpha value is -5.78. The number of carbonyl (C=O) groups excluding carboxylic acids is 6. The molecule has 2 N–H and O–H groups in total. The van der Waals surface area contributed by atoms with Gasteiger partial charge in [0.25, 0.3) is 11.8 Å². The fraction of sp³-hybridized carbons (Fsp3) is 0.419. The SMILES string of the molecule is Cc1sc2c(c1C)C(c1ccc(Cl)cc1)=N[C@@H](CC(=O)N1CCN(CC(=O)NCCCCCOc3cccc4c3C(=O)N(C3CCC(=O)NC3=O)C4=O)CC1)c1nnc(C)n1-2. The summed E-state index contributed by atoms with van der Waals surface area (Å²) in [6.45, 7) is 9.21. The Bertz CT molecular complexity index is 2450. The Labute approximate surface area is 361 Å². The van der Waals surface area contributed by atoms with Crippen LogP contribution in [0, 0.1) is 20.8 Å². The lowest BCUT2D eigenvalue weighted by atomic mass is 9.99. The first-order valence-corrected chi connectivity index (χ1v) is 21.7. The van der Waals surface area contributed by atoms with Gasteiger partial charge in [0.05, 0.1) is 36.4 Å². The molecule has 8 rings (SSSR count). The van der Waals surface area contributed by atoms with Gasteiger partial charge in [-0.1, -0.05) is 29.8 Å². The highest BCUT2D eigenvalue weighted by Crippen LogP contribution is 2.40. The highest BCUT2D eigenvalue weighted by molar-refractivity contribution is 7.15. The van der Waals surface area contributed by atoms with Gasteiger partial charge in [-0.05, 0) is 76.3 Å². The van der Waals surface area contributed by atoms with Gasteiger partial charge in [-0.25, -0.2) is 0 Å². The maximum absolute atomic E-state index is 13.9. The highest BCUT2D eigenvalue weighted by atomic mass is 35.5. The lowest BCUT2D eigenvalue weighted by molar-refractivity contribution is -0.136. The number of benzene rings is 2. The standard InChI is InChI=1S/C43H46ClN9O7S/c1-24-25(2)61-43-36(24)38(27-10-12-28(44)13-11-27)46-30(39-49-48-26(3)52(39)43)22-35(56)51-19-17-50(18-20-51)23-34(55)45-16-5-4-6-21-60-32-9-7-8-29-37(32)42(59)53(41(29)58)31-14-15-33(54)47-40(31)57/h7-13,30-31H,4-6,14-23H2,1-3H3,(H,45,55)(H,47,54,57)/t30-,31?/m0/s1. The van der Waals surface area contributed by atoms with Gasteiger partial charge in [-0.15, -0.1) is 21.5 Å². The van der Waals surface area contributed by atoms with E-state index in [1.165, 1.54) is 10.9 Å². The van der Waals surface area contributed by atoms with Crippen molar-refractivity contribution in [2.24, 2.45) is 4.99 Å². The first-order valence-electron chi connectivity index (χ1n) is 20.5. The van der Waals surface area contributed by atoms with Crippen LogP contribution in [0.1, 0.15) is 98.5 Å². The molecule has 18 heteroatoms. The zero-order valence-corrected chi connectivity index (χ0v) is 35.7. The van der Waals surface area contributed by atoms with Crippen LogP contribution in [0.2, 0.25) is 5.02 Å². The second kappa shape index (κ2) is 17.7. The molecule has 6 amide bonds. The number of carbonyl (C=O) groups is 6. The number of hydrogen-bond donors (Lipinski definition) is 2. The van der Waals surface area contributed by atoms with E-state index in [4.69, 9.17) is 21.3 Å². The normalized spacial score (nSPS) is 18.9. The number of aromatic nitrogens is 3. The zero-order valence-electron chi connectivity index (χ0n) is 34.2. The van der Waals surface area contributed by atoms with Crippen LogP contribution in [0.4, 0.5) is 0 Å². The molecule has 318 valence electrons. The average Bonchev–Trinajstić information content (AvgIpc) is 3.82. The van der Waals surface area contributed by atoms with Gasteiger partial charge in [0.2, 0.25) is 23.6 Å². The Kier molecular flexibility index (Phi) is 12.1. The van der Waals surface area contributed by atoms with Crippen molar-refractivity contribution in [2.45, 2.75) is 71.4 Å². The number of halogens is 1. The van der Waals surface area contributed by atoms with Gasteiger partial charge in [0.15, 0.2) is 5.82 Å². The lowest BCUT2D eigenvalue weighted by Crippen LogP contribution is -2.54. The van der Waals surface area contributed by atoms with Crippen LogP contribution in [0.5, 0.6) is 5.75 Å². The molecule has 0 saturated carbocycles. The number of piperazine rings is 1. The predicted molar refractivity (Wildman–Crippen MR) is 226 cm³/mol. The van der Waals surface area contributed by atoms with Crippen molar-refractivity contribution in [3.63, 3.8) is 0 Å². The number of nitrogens with zero attached hydrogens (tertiary/aromatic N) is 7. The van der Waals surface area contributed by atoms with E-state index in [2.05, 4.69) is 34.7 Å². The topological polar surface area (TPSA) is 188 Å². The van der Waals surface area contributed by atoms with Gasteiger partial charge in [0.1, 0.15) is 28.7 Å². The molecule has 0 radical (unpaired) electrons. The number of fused-ring (bicyclic) bond motifs is 4. The van der Waals surface area contributed by atoms with Crippen molar-refractivity contribution < 1.29 is 33.5 Å². The molecule has 2 aromatic heterocycles. The highest BCUT2D eigenvalue weighted by Gasteiger charge is 2.46. The van der Waals surface area contributed by atoms with Gasteiger partial charge in [-0.2, -0.15) is 0 Å². The van der Waals surface area contributed by atoms with Crippen molar-refractivity contribution >= 4 is 64.1 Å². The summed E-state index contributed by atoms with van der Waals surface area (Å²) in [7, 11) is 0. The van der Waals surface area contributed by atoms with Crippen LogP contribution in [0.3, 0.4) is 0 Å². The molecule has 61 heavy (non-hydrogen) atoms. The van der Waals surface area contributed by atoms with E-state index in [9.17, 15) is 28.8 Å². The van der Waals surface area contributed by atoms with E-state index in [1.807, 2.05) is 45.6 Å². The predicted octanol–water partition coefficient (Wildman–Crippen LogP) is 4.10. The van der Waals surface area contributed by atoms with E-state index in [0.717, 1.165) is 44.5 Å². The number of aliphatic imine (C=N–C) groups is 1. The molecule has 0 spiro atoms. The number of hydrogen-bond acceptors (Lipinski definition) is 12. The minimum atomic E-state index is -1.05. The quantitative estimate of drug-likeness (QED) is 0.146. The molecule has 4 aliphatic rings. The zero-order chi connectivity index (χ0) is 42.9. The number of rotatable bonds is 13. The van der Waals surface area contributed by atoms with Gasteiger partial charge in [0, 0.05) is 60.2 Å². The van der Waals surface area contributed by atoms with Gasteiger partial charge >= 0.3 is 0 Å². The number of thiophene rings is 1. The Morgan fingerprint density at radius 3 is 2.46 bits per heavy atom.